The fraction of sp³-hybridized carbons (Fsp3) is 1.00. The predicted molar refractivity (Wildman–Crippen MR) is 74.0 cm³/mol. The Hall–Kier alpha value is 0.870. The maximum absolute atomic E-state index is 10.5. The van der Waals surface area contributed by atoms with E-state index in [9.17, 15) is 8.42 Å². The zero-order chi connectivity index (χ0) is 13.9. The molecule has 0 radical (unpaired) electrons. The summed E-state index contributed by atoms with van der Waals surface area (Å²) in [5.74, 6) is 0. The molecule has 1 atom stereocenters. The fourth-order valence-corrected chi connectivity index (χ4v) is 3.65. The Morgan fingerprint density at radius 1 is 1.00 bits per heavy atom. The molecule has 0 aliphatic heterocycles. The van der Waals surface area contributed by atoms with E-state index in [0.29, 0.717) is 27.9 Å². The third-order valence-electron chi connectivity index (χ3n) is 3.00. The number of hydrogen-bond donors (Lipinski definition) is 1. The Morgan fingerprint density at radius 3 is 1.89 bits per heavy atom. The Kier molecular flexibility index (Phi) is 12.2. The van der Waals surface area contributed by atoms with Gasteiger partial charge in [0.15, 0.2) is 0 Å². The van der Waals surface area contributed by atoms with Crippen LogP contribution in [0.1, 0.15) is 71.1 Å². The van der Waals surface area contributed by atoms with Gasteiger partial charge in [-0.25, -0.2) is 0 Å². The molecule has 0 amide bonds. The molecular weight excluding hydrogens is 263 g/mol. The first-order valence-corrected chi connectivity index (χ1v) is 9.63. The van der Waals surface area contributed by atoms with E-state index in [1.54, 1.807) is 0 Å². The molecule has 6 heteroatoms. The molecule has 0 bridgehead atoms. The van der Waals surface area contributed by atoms with Crippen molar-refractivity contribution in [3.63, 3.8) is 0 Å². The van der Waals surface area contributed by atoms with Crippen LogP contribution in [0.25, 0.3) is 0 Å². The summed E-state index contributed by atoms with van der Waals surface area (Å²) in [6.07, 6.45) is 12.0. The summed E-state index contributed by atoms with van der Waals surface area (Å²) in [6, 6.07) is 0. The van der Waals surface area contributed by atoms with E-state index in [-0.39, 0.29) is 3.35 Å². The molecule has 0 aromatic heterocycles. The first-order chi connectivity index (χ1) is 8.45. The Bertz CT molecular complexity index is 280. The molecule has 0 aromatic rings. The van der Waals surface area contributed by atoms with Crippen LogP contribution >= 0.6 is 0 Å². The molecule has 0 aliphatic rings. The second-order valence-electron chi connectivity index (χ2n) is 4.95. The first kappa shape index (κ1) is 18.9. The van der Waals surface area contributed by atoms with Gasteiger partial charge in [-0.05, 0) is 0 Å². The van der Waals surface area contributed by atoms with E-state index >= 15 is 0 Å². The topological polar surface area (TPSA) is 63.6 Å². The second kappa shape index (κ2) is 11.7. The molecule has 0 spiro atoms. The van der Waals surface area contributed by atoms with E-state index in [4.69, 9.17) is 4.55 Å². The van der Waals surface area contributed by atoms with Crippen LogP contribution in [0.4, 0.5) is 0 Å². The standard InChI is InChI=1S/C12H25O4S.Na/c1-2-3-4-5-6-7-8-9-10-11-12-16-17(13,14)15;/h12H,2-11H2,1H3,(H,13,14,15);. The molecule has 4 nitrogen and oxygen atoms in total. The third-order valence-corrected chi connectivity index (χ3v) is 4.73. The Labute approximate surface area is 129 Å². The van der Waals surface area contributed by atoms with Crippen LogP contribution in [0.5, 0.6) is 0 Å². The van der Waals surface area contributed by atoms with Gasteiger partial charge >= 0.3 is 130 Å². The molecule has 0 fully saturated rings. The van der Waals surface area contributed by atoms with Gasteiger partial charge in [0.2, 0.25) is 0 Å². The van der Waals surface area contributed by atoms with Crippen LogP contribution in [-0.2, 0) is 14.6 Å². The summed E-state index contributed by atoms with van der Waals surface area (Å²) in [4.78, 5) is 0. The number of hydrogen-bond acceptors (Lipinski definition) is 3. The summed E-state index contributed by atoms with van der Waals surface area (Å²) in [6.45, 7) is 2.22. The average Bonchev–Trinajstić information content (AvgIpc) is 2.24. The van der Waals surface area contributed by atoms with Gasteiger partial charge in [0.05, 0.1) is 0 Å². The van der Waals surface area contributed by atoms with Gasteiger partial charge in [-0.1, -0.05) is 0 Å². The van der Waals surface area contributed by atoms with Crippen molar-refractivity contribution in [2.75, 3.05) is 0 Å². The van der Waals surface area contributed by atoms with Gasteiger partial charge in [-0.2, -0.15) is 0 Å². The van der Waals surface area contributed by atoms with Crippen molar-refractivity contribution in [1.82, 2.24) is 0 Å². The number of unbranched alkanes of at least 4 members (excludes halogenated alkanes) is 8. The monoisotopic (exact) mass is 288 g/mol. The molecule has 0 saturated heterocycles. The molecule has 0 heterocycles. The van der Waals surface area contributed by atoms with Gasteiger partial charge < -0.3 is 0 Å². The van der Waals surface area contributed by atoms with Crippen LogP contribution in [0.3, 0.4) is 0 Å². The summed E-state index contributed by atoms with van der Waals surface area (Å²) >= 11 is 0.629. The van der Waals surface area contributed by atoms with Gasteiger partial charge in [0, 0.05) is 0 Å². The molecule has 104 valence electrons. The van der Waals surface area contributed by atoms with Crippen molar-refractivity contribution in [3.05, 3.63) is 0 Å². The van der Waals surface area contributed by atoms with Gasteiger partial charge in [-0.3, -0.25) is 0 Å². The van der Waals surface area contributed by atoms with Crippen molar-refractivity contribution in [2.45, 2.75) is 74.5 Å². The SMILES string of the molecule is CCCCCCCCCCC[CH]([Na])OS(=O)(=O)O. The van der Waals surface area contributed by atoms with E-state index in [1.807, 2.05) is 0 Å². The quantitative estimate of drug-likeness (QED) is 0.340. The third kappa shape index (κ3) is 14.9. The molecule has 1 N–H and O–H groups in total. The minimum atomic E-state index is -4.25. The summed E-state index contributed by atoms with van der Waals surface area (Å²) in [7, 11) is -4.25. The van der Waals surface area contributed by atoms with Crippen molar-refractivity contribution in [1.29, 1.82) is 0 Å². The van der Waals surface area contributed by atoms with Gasteiger partial charge in [-0.15, -0.1) is 0 Å². The van der Waals surface area contributed by atoms with E-state index < -0.39 is 10.4 Å². The Morgan fingerprint density at radius 2 is 1.44 bits per heavy atom. The van der Waals surface area contributed by atoms with Crippen molar-refractivity contribution < 1.29 is 17.2 Å². The van der Waals surface area contributed by atoms with Crippen LogP contribution in [-0.4, -0.2) is 44.3 Å². The summed E-state index contributed by atoms with van der Waals surface area (Å²) < 4.78 is 33.6. The normalized spacial score (nSPS) is 13.8. The van der Waals surface area contributed by atoms with E-state index in [1.165, 1.54) is 44.9 Å². The molecule has 0 aromatic carbocycles. The average molecular weight is 288 g/mol. The zero-order valence-corrected chi connectivity index (χ0v) is 14.5. The van der Waals surface area contributed by atoms with E-state index in [0.717, 1.165) is 19.3 Å². The zero-order valence-electron chi connectivity index (χ0n) is 11.7. The number of rotatable bonds is 12. The van der Waals surface area contributed by atoms with Crippen LogP contribution in [0.15, 0.2) is 0 Å². The fourth-order valence-electron chi connectivity index (χ4n) is 2.00. The van der Waals surface area contributed by atoms with Gasteiger partial charge in [0.1, 0.15) is 0 Å². The molecular formula is C12H25NaO4S. The second-order valence-corrected chi connectivity index (χ2v) is 7.29. The van der Waals surface area contributed by atoms with E-state index in [2.05, 4.69) is 11.1 Å². The molecule has 0 aliphatic carbocycles. The van der Waals surface area contributed by atoms with Crippen LogP contribution < -0.4 is 0 Å². The Balaban J connectivity index is 3.25. The molecule has 0 saturated carbocycles. The molecule has 18 heavy (non-hydrogen) atoms. The minimum absolute atomic E-state index is 0.287. The maximum atomic E-state index is 10.5. The van der Waals surface area contributed by atoms with Crippen molar-refractivity contribution >= 4 is 38.3 Å². The van der Waals surface area contributed by atoms with Crippen molar-refractivity contribution in [2.24, 2.45) is 0 Å². The van der Waals surface area contributed by atoms with Gasteiger partial charge in [0.25, 0.3) is 0 Å². The first-order valence-electron chi connectivity index (χ1n) is 7.11. The van der Waals surface area contributed by atoms with Crippen molar-refractivity contribution in [3.8, 4) is 0 Å². The summed E-state index contributed by atoms with van der Waals surface area (Å²) in [5, 5.41) is 0. The van der Waals surface area contributed by atoms with Crippen LogP contribution in [0, 0.1) is 0 Å². The predicted octanol–water partition coefficient (Wildman–Crippen LogP) is 3.22. The van der Waals surface area contributed by atoms with Crippen LogP contribution in [0.2, 0.25) is 0 Å². The molecule has 1 unspecified atom stereocenters. The summed E-state index contributed by atoms with van der Waals surface area (Å²) in [5.41, 5.74) is 0. The molecule has 0 rings (SSSR count).